The van der Waals surface area contributed by atoms with E-state index in [1.54, 1.807) is 0 Å². The Labute approximate surface area is 343 Å². The Kier molecular flexibility index (Phi) is 24.4. The Balaban J connectivity index is 3.30. The number of rotatable bonds is 29. The molecule has 0 heterocycles. The van der Waals surface area contributed by atoms with Crippen LogP contribution >= 0.6 is 0 Å². The van der Waals surface area contributed by atoms with Crippen LogP contribution in [0.25, 0.3) is 0 Å². The van der Waals surface area contributed by atoms with Gasteiger partial charge < -0.3 is 70.8 Å². The molecule has 7 amide bonds. The number of amides is 7. The second-order valence-corrected chi connectivity index (χ2v) is 14.2. The molecule has 0 unspecified atom stereocenters. The SMILES string of the molecule is C=CCOC(=O)N[C@@H](CCCCN=C(N)N)C(=O)N[C@@H](CCC(=O)O)C(=O)N[C@@H](CC(N)=O)C(=O)N[C@@H](CC1CCCCC1)C(=O)N[C@@H](CCCCN=C(N)N)C(N)=O. The van der Waals surface area contributed by atoms with E-state index in [0.29, 0.717) is 32.2 Å². The van der Waals surface area contributed by atoms with Crippen molar-refractivity contribution in [3.05, 3.63) is 12.7 Å². The third kappa shape index (κ3) is 23.0. The highest BCUT2D eigenvalue weighted by atomic mass is 16.5. The van der Waals surface area contributed by atoms with Gasteiger partial charge in [0.2, 0.25) is 35.4 Å². The lowest BCUT2D eigenvalue weighted by Crippen LogP contribution is -2.59. The lowest BCUT2D eigenvalue weighted by atomic mass is 9.84. The van der Waals surface area contributed by atoms with Crippen molar-refractivity contribution in [2.75, 3.05) is 19.7 Å². The normalized spacial score (nSPS) is 15.0. The lowest BCUT2D eigenvalue weighted by molar-refractivity contribution is -0.138. The maximum absolute atomic E-state index is 13.8. The van der Waals surface area contributed by atoms with Gasteiger partial charge >= 0.3 is 12.1 Å². The third-order valence-corrected chi connectivity index (χ3v) is 9.24. The summed E-state index contributed by atoms with van der Waals surface area (Å²) in [5.41, 5.74) is 32.4. The van der Waals surface area contributed by atoms with Crippen molar-refractivity contribution < 1.29 is 48.2 Å². The zero-order valence-electron chi connectivity index (χ0n) is 33.5. The molecule has 0 aromatic carbocycles. The molecule has 0 aromatic heterocycles. The van der Waals surface area contributed by atoms with Gasteiger partial charge in [0.05, 0.1) is 6.42 Å². The van der Waals surface area contributed by atoms with Crippen molar-refractivity contribution >= 4 is 59.4 Å². The van der Waals surface area contributed by atoms with Gasteiger partial charge in [-0.3, -0.25) is 43.5 Å². The van der Waals surface area contributed by atoms with E-state index in [4.69, 9.17) is 39.1 Å². The number of aliphatic imine (C=N–C) groups is 2. The predicted octanol–water partition coefficient (Wildman–Crippen LogP) is -2.71. The highest BCUT2D eigenvalue weighted by Crippen LogP contribution is 2.27. The molecule has 23 heteroatoms. The summed E-state index contributed by atoms with van der Waals surface area (Å²) < 4.78 is 4.93. The number of hydrogen-bond donors (Lipinski definition) is 12. The standard InChI is InChI=1S/C36H63N13O10/c1-2-18-59-36(58)49-23(13-7-9-17-44-35(41)42)30(54)46-24(14-15-28(51)52)31(55)48-26(20-27(37)50)33(57)47-25(19-21-10-4-3-5-11-21)32(56)45-22(29(38)53)12-6-8-16-43-34(39)40/h2,21-26H,1,3-20H2,(H2,37,50)(H2,38,53)(H,45,56)(H,46,54)(H,47,57)(H,48,55)(H,49,58)(H,51,52)(H4,39,40,43)(H4,41,42,44)/t22-,23-,24-,25-,26-/m0/s1. The topological polar surface area (TPSA) is 407 Å². The zero-order valence-corrected chi connectivity index (χ0v) is 33.5. The van der Waals surface area contributed by atoms with E-state index >= 15 is 0 Å². The highest BCUT2D eigenvalue weighted by molar-refractivity contribution is 5.97. The highest BCUT2D eigenvalue weighted by Gasteiger charge is 2.34. The molecule has 18 N–H and O–H groups in total. The van der Waals surface area contributed by atoms with Gasteiger partial charge in [-0.1, -0.05) is 44.8 Å². The summed E-state index contributed by atoms with van der Waals surface area (Å²) in [5, 5.41) is 21.8. The van der Waals surface area contributed by atoms with E-state index in [0.717, 1.165) is 32.1 Å². The average molecular weight is 838 g/mol. The maximum atomic E-state index is 13.8. The van der Waals surface area contributed by atoms with Crippen LogP contribution in [0.3, 0.4) is 0 Å². The Bertz CT molecular complexity index is 1500. The fraction of sp³-hybridized carbons (Fsp3) is 0.667. The number of hydrogen-bond acceptors (Lipinski definition) is 11. The number of carboxylic acids is 1. The van der Waals surface area contributed by atoms with Gasteiger partial charge in [-0.25, -0.2) is 4.79 Å². The van der Waals surface area contributed by atoms with Gasteiger partial charge in [0.15, 0.2) is 11.9 Å². The minimum absolute atomic E-state index is 0.0216. The fourth-order valence-electron chi connectivity index (χ4n) is 6.23. The van der Waals surface area contributed by atoms with Crippen LogP contribution in [-0.2, 0) is 38.3 Å². The second-order valence-electron chi connectivity index (χ2n) is 14.2. The number of nitrogens with two attached hydrogens (primary N) is 6. The predicted molar refractivity (Wildman–Crippen MR) is 216 cm³/mol. The number of guanidine groups is 2. The Hall–Kier alpha value is -6.16. The molecule has 0 saturated heterocycles. The summed E-state index contributed by atoms with van der Waals surface area (Å²) in [6, 6.07) is -6.90. The molecule has 0 aliphatic heterocycles. The van der Waals surface area contributed by atoms with Crippen LogP contribution < -0.4 is 61.0 Å². The van der Waals surface area contributed by atoms with Crippen molar-refractivity contribution in [3.8, 4) is 0 Å². The molecule has 0 spiro atoms. The number of nitrogens with one attached hydrogen (secondary N) is 5. The van der Waals surface area contributed by atoms with Crippen molar-refractivity contribution in [2.24, 2.45) is 50.3 Å². The third-order valence-electron chi connectivity index (χ3n) is 9.24. The Morgan fingerprint density at radius 3 is 1.63 bits per heavy atom. The zero-order chi connectivity index (χ0) is 44.3. The largest absolute Gasteiger partial charge is 0.481 e. The molecule has 0 bridgehead atoms. The number of nitrogens with zero attached hydrogens (tertiary/aromatic N) is 2. The second kappa shape index (κ2) is 28.3. The molecule has 1 fully saturated rings. The molecule has 1 aliphatic rings. The number of unbranched alkanes of at least 4 members (excludes halogenated alkanes) is 2. The number of alkyl carbamates (subject to hydrolysis) is 1. The fourth-order valence-corrected chi connectivity index (χ4v) is 6.23. The van der Waals surface area contributed by atoms with Crippen LogP contribution in [0.4, 0.5) is 4.79 Å². The van der Waals surface area contributed by atoms with E-state index in [9.17, 15) is 43.5 Å². The first kappa shape index (κ1) is 50.9. The van der Waals surface area contributed by atoms with Gasteiger partial charge in [0.25, 0.3) is 0 Å². The van der Waals surface area contributed by atoms with Crippen molar-refractivity contribution in [1.82, 2.24) is 26.6 Å². The molecular formula is C36H63N13O10. The lowest BCUT2D eigenvalue weighted by Gasteiger charge is -2.29. The summed E-state index contributed by atoms with van der Waals surface area (Å²) in [6.45, 7) is 3.80. The molecule has 1 aliphatic carbocycles. The number of carbonyl (C=O) groups excluding carboxylic acids is 7. The first-order valence-corrected chi connectivity index (χ1v) is 19.6. The molecule has 332 valence electrons. The summed E-state index contributed by atoms with van der Waals surface area (Å²) in [7, 11) is 0. The minimum Gasteiger partial charge on any atom is -0.481 e. The Morgan fingerprint density at radius 1 is 0.644 bits per heavy atom. The molecule has 5 atom stereocenters. The number of carboxylic acid groups (broad SMARTS) is 1. The van der Waals surface area contributed by atoms with Crippen LogP contribution in [0.5, 0.6) is 0 Å². The number of carbonyl (C=O) groups is 8. The minimum atomic E-state index is -1.69. The molecule has 1 saturated carbocycles. The van der Waals surface area contributed by atoms with Gasteiger partial charge in [0.1, 0.15) is 36.8 Å². The van der Waals surface area contributed by atoms with Gasteiger partial charge in [0, 0.05) is 19.5 Å². The van der Waals surface area contributed by atoms with Crippen LogP contribution in [0.15, 0.2) is 22.6 Å². The number of ether oxygens (including phenoxy) is 1. The van der Waals surface area contributed by atoms with E-state index < -0.39 is 97.0 Å². The molecule has 1 rings (SSSR count). The van der Waals surface area contributed by atoms with E-state index in [1.807, 2.05) is 0 Å². The van der Waals surface area contributed by atoms with Crippen LogP contribution in [0.1, 0.15) is 96.3 Å². The van der Waals surface area contributed by atoms with Crippen molar-refractivity contribution in [2.45, 2.75) is 127 Å². The molecule has 0 aromatic rings. The monoisotopic (exact) mass is 837 g/mol. The average Bonchev–Trinajstić information content (AvgIpc) is 3.16. The summed E-state index contributed by atoms with van der Waals surface area (Å²) >= 11 is 0. The van der Waals surface area contributed by atoms with Gasteiger partial charge in [-0.05, 0) is 57.3 Å². The molecule has 0 radical (unpaired) electrons. The number of primary amides is 2. The van der Waals surface area contributed by atoms with Gasteiger partial charge in [-0.2, -0.15) is 0 Å². The molecule has 23 nitrogen and oxygen atoms in total. The number of aliphatic carboxylic acids is 1. The van der Waals surface area contributed by atoms with E-state index in [1.165, 1.54) is 6.08 Å². The summed E-state index contributed by atoms with van der Waals surface area (Å²) in [5.74, 6) is -7.02. The van der Waals surface area contributed by atoms with Crippen molar-refractivity contribution in [1.29, 1.82) is 0 Å². The smallest absolute Gasteiger partial charge is 0.408 e. The molecule has 59 heavy (non-hydrogen) atoms. The maximum Gasteiger partial charge on any atom is 0.408 e. The van der Waals surface area contributed by atoms with Gasteiger partial charge in [-0.15, -0.1) is 0 Å². The molecular weight excluding hydrogens is 774 g/mol. The van der Waals surface area contributed by atoms with E-state index in [-0.39, 0.29) is 50.3 Å². The summed E-state index contributed by atoms with van der Waals surface area (Å²) in [4.78, 5) is 111. The van der Waals surface area contributed by atoms with Crippen LogP contribution in [-0.4, -0.2) is 114 Å². The van der Waals surface area contributed by atoms with Crippen molar-refractivity contribution in [3.63, 3.8) is 0 Å². The van der Waals surface area contributed by atoms with Crippen LogP contribution in [0, 0.1) is 5.92 Å². The Morgan fingerprint density at radius 2 is 1.12 bits per heavy atom. The van der Waals surface area contributed by atoms with E-state index in [2.05, 4.69) is 43.1 Å². The quantitative estimate of drug-likeness (QED) is 0.0158. The first-order valence-electron chi connectivity index (χ1n) is 19.6. The summed E-state index contributed by atoms with van der Waals surface area (Å²) in [6.07, 6.45) is 4.83. The van der Waals surface area contributed by atoms with Crippen LogP contribution in [0.2, 0.25) is 0 Å². The first-order chi connectivity index (χ1) is 27.9.